The maximum absolute atomic E-state index is 14.8. The fourth-order valence-corrected chi connectivity index (χ4v) is 4.83. The summed E-state index contributed by atoms with van der Waals surface area (Å²) >= 11 is 5.85. The van der Waals surface area contributed by atoms with Crippen LogP contribution in [0.5, 0.6) is 5.75 Å². The molecule has 10 heteroatoms. The molecule has 2 atom stereocenters. The number of nitrogens with zero attached hydrogens (tertiary/aromatic N) is 1. The van der Waals surface area contributed by atoms with Crippen LogP contribution < -0.4 is 9.47 Å². The summed E-state index contributed by atoms with van der Waals surface area (Å²) in [6.07, 6.45) is 2.31. The van der Waals surface area contributed by atoms with E-state index in [2.05, 4.69) is 18.6 Å². The summed E-state index contributed by atoms with van der Waals surface area (Å²) in [5.41, 5.74) is 0.432. The van der Waals surface area contributed by atoms with Crippen LogP contribution in [0.2, 0.25) is 5.02 Å². The van der Waals surface area contributed by atoms with Gasteiger partial charge in [0.25, 0.3) is 0 Å². The molecule has 2 aromatic carbocycles. The molecule has 4 rings (SSSR count). The average molecular weight is 548 g/mol. The molecule has 0 amide bonds. The van der Waals surface area contributed by atoms with Gasteiger partial charge in [-0.2, -0.15) is 13.5 Å². The van der Waals surface area contributed by atoms with Gasteiger partial charge in [0.1, 0.15) is 11.7 Å². The number of aromatic carboxylic acids is 1. The molecule has 1 fully saturated rings. The van der Waals surface area contributed by atoms with Crippen molar-refractivity contribution < 1.29 is 37.3 Å². The number of alkyl halides is 2. The van der Waals surface area contributed by atoms with Crippen molar-refractivity contribution in [2.45, 2.75) is 45.6 Å². The topological polar surface area (TPSA) is 90.5 Å². The van der Waals surface area contributed by atoms with E-state index in [0.717, 1.165) is 24.8 Å². The van der Waals surface area contributed by atoms with Crippen LogP contribution >= 0.6 is 11.6 Å². The number of ether oxygens (including phenoxy) is 1. The van der Waals surface area contributed by atoms with Crippen molar-refractivity contribution in [1.29, 1.82) is 0 Å². The number of hydrogen-bond acceptors (Lipinski definition) is 4. The maximum atomic E-state index is 14.8. The van der Waals surface area contributed by atoms with Crippen molar-refractivity contribution in [3.05, 3.63) is 87.6 Å². The second-order valence-electron chi connectivity index (χ2n) is 10.1. The number of benzene rings is 2. The third-order valence-electron chi connectivity index (χ3n) is 7.07. The zero-order valence-electron chi connectivity index (χ0n) is 20.6. The highest BCUT2D eigenvalue weighted by Gasteiger charge is 2.48. The highest BCUT2D eigenvalue weighted by Crippen LogP contribution is 2.55. The number of carbonyl (C=O) groups excluding carboxylic acids is 1. The monoisotopic (exact) mass is 547 g/mol. The molecule has 0 spiro atoms. The molecule has 3 aromatic rings. The fraction of sp³-hybridized carbons (Fsp3) is 0.321. The minimum atomic E-state index is -3.22. The molecule has 0 saturated heterocycles. The predicted octanol–water partition coefficient (Wildman–Crippen LogP) is 6.41. The summed E-state index contributed by atoms with van der Waals surface area (Å²) in [7, 11) is 0. The lowest BCUT2D eigenvalue weighted by atomic mass is 9.87. The van der Waals surface area contributed by atoms with E-state index in [4.69, 9.17) is 16.7 Å². The van der Waals surface area contributed by atoms with Crippen molar-refractivity contribution in [2.24, 2.45) is 11.3 Å². The minimum absolute atomic E-state index is 0.0191. The molecule has 1 heterocycles. The first-order chi connectivity index (χ1) is 17.9. The summed E-state index contributed by atoms with van der Waals surface area (Å²) in [5, 5.41) is 21.9. The quantitative estimate of drug-likeness (QED) is 0.234. The molecule has 0 bridgehead atoms. The number of carboxylic acid groups (broad SMARTS) is 1. The van der Waals surface area contributed by atoms with Crippen LogP contribution in [0.1, 0.15) is 54.2 Å². The normalized spacial score (nSPS) is 16.8. The molecule has 1 N–H and O–H groups in total. The van der Waals surface area contributed by atoms with Crippen molar-refractivity contribution in [3.63, 3.8) is 0 Å². The van der Waals surface area contributed by atoms with E-state index >= 15 is 0 Å². The van der Waals surface area contributed by atoms with Crippen molar-refractivity contribution >= 4 is 23.4 Å². The van der Waals surface area contributed by atoms with Crippen LogP contribution in [0.25, 0.3) is 11.1 Å². The van der Waals surface area contributed by atoms with Crippen LogP contribution in [-0.4, -0.2) is 23.5 Å². The fourth-order valence-electron chi connectivity index (χ4n) is 4.68. The molecule has 0 aliphatic heterocycles. The Balaban J connectivity index is 1.68. The zero-order valence-corrected chi connectivity index (χ0v) is 21.3. The molecule has 6 nitrogen and oxygen atoms in total. The first kappa shape index (κ1) is 27.4. The van der Waals surface area contributed by atoms with Gasteiger partial charge >= 0.3 is 12.6 Å². The lowest BCUT2D eigenvalue weighted by Gasteiger charge is -2.18. The van der Waals surface area contributed by atoms with Crippen LogP contribution in [0.15, 0.2) is 54.7 Å². The van der Waals surface area contributed by atoms with E-state index in [9.17, 15) is 28.0 Å². The summed E-state index contributed by atoms with van der Waals surface area (Å²) in [4.78, 5) is 24.6. The number of rotatable bonds is 10. The predicted molar refractivity (Wildman–Crippen MR) is 134 cm³/mol. The number of Topliss-reactive ketones (excluding diaryl/α,β-unsaturated/α-hetero) is 1. The van der Waals surface area contributed by atoms with Crippen LogP contribution in [0.4, 0.5) is 13.2 Å². The van der Waals surface area contributed by atoms with Gasteiger partial charge < -0.3 is 15.1 Å². The SMILES string of the molecule is CC1(C)CC1CC(C(=O)Cc1ccc(C(=O)O)cc1)c1ccc(-c2c(OC(F)F)ccc(Cl)c2F)c[n+]1[O-]. The van der Waals surface area contributed by atoms with Crippen molar-refractivity contribution in [1.82, 2.24) is 0 Å². The largest absolute Gasteiger partial charge is 0.618 e. The molecule has 0 radical (unpaired) electrons. The van der Waals surface area contributed by atoms with Gasteiger partial charge in [-0.15, -0.1) is 0 Å². The van der Waals surface area contributed by atoms with Crippen LogP contribution in [-0.2, 0) is 11.2 Å². The second kappa shape index (κ2) is 10.6. The van der Waals surface area contributed by atoms with Gasteiger partial charge in [0.05, 0.1) is 21.7 Å². The van der Waals surface area contributed by atoms with Crippen molar-refractivity contribution in [3.8, 4) is 16.9 Å². The third kappa shape index (κ3) is 5.93. The van der Waals surface area contributed by atoms with Crippen LogP contribution in [0.3, 0.4) is 0 Å². The van der Waals surface area contributed by atoms with Crippen LogP contribution in [0, 0.1) is 22.4 Å². The Morgan fingerprint density at radius 3 is 2.37 bits per heavy atom. The Hall–Kier alpha value is -3.59. The van der Waals surface area contributed by atoms with Gasteiger partial charge in [-0.05, 0) is 60.1 Å². The summed E-state index contributed by atoms with van der Waals surface area (Å²) in [5.74, 6) is -3.39. The molecule has 1 saturated carbocycles. The first-order valence-electron chi connectivity index (χ1n) is 11.9. The lowest BCUT2D eigenvalue weighted by molar-refractivity contribution is -0.614. The Morgan fingerprint density at radius 1 is 1.16 bits per heavy atom. The van der Waals surface area contributed by atoms with E-state index in [0.29, 0.717) is 16.7 Å². The van der Waals surface area contributed by atoms with Gasteiger partial charge in [-0.3, -0.25) is 4.79 Å². The molecule has 1 aliphatic rings. The number of hydrogen-bond donors (Lipinski definition) is 1. The molecule has 200 valence electrons. The zero-order chi connectivity index (χ0) is 27.8. The Morgan fingerprint density at radius 2 is 1.82 bits per heavy atom. The Bertz CT molecular complexity index is 1380. The van der Waals surface area contributed by atoms with Gasteiger partial charge in [-0.1, -0.05) is 37.6 Å². The molecular formula is C28H25ClF3NO5. The smallest absolute Gasteiger partial charge is 0.387 e. The number of carbonyl (C=O) groups is 2. The average Bonchev–Trinajstić information content (AvgIpc) is 3.46. The standard InChI is InChI=1S/C28H25ClF3NO5/c1-28(2)13-18(28)12-19(22(34)11-15-3-5-16(6-4-15)26(35)36)21-9-7-17(14-33(21)37)24-23(38-27(31)32)10-8-20(29)25(24)30/h3-10,14,18-19,27H,11-13H2,1-2H3,(H,35,36). The van der Waals surface area contributed by atoms with E-state index in [1.165, 1.54) is 24.3 Å². The van der Waals surface area contributed by atoms with Crippen molar-refractivity contribution in [2.75, 3.05) is 0 Å². The minimum Gasteiger partial charge on any atom is -0.618 e. The Labute approximate surface area is 222 Å². The molecule has 1 aromatic heterocycles. The summed E-state index contributed by atoms with van der Waals surface area (Å²) in [6.45, 7) is 0.927. The van der Waals surface area contributed by atoms with Gasteiger partial charge in [0.2, 0.25) is 5.69 Å². The molecule has 38 heavy (non-hydrogen) atoms. The number of ketones is 1. The van der Waals surface area contributed by atoms with E-state index in [-0.39, 0.29) is 45.4 Å². The van der Waals surface area contributed by atoms with E-state index < -0.39 is 35.6 Å². The summed E-state index contributed by atoms with van der Waals surface area (Å²) < 4.78 is 45.5. The lowest BCUT2D eigenvalue weighted by Crippen LogP contribution is -2.36. The highest BCUT2D eigenvalue weighted by atomic mass is 35.5. The maximum Gasteiger partial charge on any atom is 0.387 e. The van der Waals surface area contributed by atoms with E-state index in [1.807, 2.05) is 0 Å². The molecule has 1 aliphatic carbocycles. The summed E-state index contributed by atoms with van der Waals surface area (Å²) in [6, 6.07) is 10.9. The van der Waals surface area contributed by atoms with Gasteiger partial charge in [0, 0.05) is 12.5 Å². The number of aromatic nitrogens is 1. The number of halogens is 4. The van der Waals surface area contributed by atoms with E-state index in [1.54, 1.807) is 12.1 Å². The van der Waals surface area contributed by atoms with Gasteiger partial charge in [0.15, 0.2) is 17.8 Å². The highest BCUT2D eigenvalue weighted by molar-refractivity contribution is 6.31. The Kier molecular flexibility index (Phi) is 7.69. The number of carboxylic acids is 1. The second-order valence-corrected chi connectivity index (χ2v) is 10.5. The van der Waals surface area contributed by atoms with Gasteiger partial charge in [-0.25, -0.2) is 9.18 Å². The first-order valence-corrected chi connectivity index (χ1v) is 12.3. The molecular weight excluding hydrogens is 523 g/mol. The molecule has 2 unspecified atom stereocenters. The third-order valence-corrected chi connectivity index (χ3v) is 7.36. The number of pyridine rings is 1.